The molecule has 0 bridgehead atoms. The van der Waals surface area contributed by atoms with Crippen molar-refractivity contribution in [2.45, 2.75) is 13.5 Å². The van der Waals surface area contributed by atoms with Crippen LogP contribution < -0.4 is 20.1 Å². The van der Waals surface area contributed by atoms with Crippen molar-refractivity contribution >= 4 is 29.3 Å². The average molecular weight is 544 g/mol. The van der Waals surface area contributed by atoms with Gasteiger partial charge in [-0.15, -0.1) is 0 Å². The van der Waals surface area contributed by atoms with Crippen molar-refractivity contribution in [3.05, 3.63) is 126 Å². The lowest BCUT2D eigenvalue weighted by Crippen LogP contribution is -2.08. The number of ether oxygens (including phenoxy) is 2. The molecule has 0 fully saturated rings. The Labute approximate surface area is 238 Å². The van der Waals surface area contributed by atoms with Crippen LogP contribution in [0, 0.1) is 6.92 Å². The number of pyridine rings is 1. The maximum Gasteiger partial charge on any atom is 0.248 e. The molecule has 0 radical (unpaired) electrons. The Bertz CT molecular complexity index is 1660. The third kappa shape index (κ3) is 7.33. The van der Waals surface area contributed by atoms with E-state index in [1.807, 2.05) is 91.9 Å². The predicted octanol–water partition coefficient (Wildman–Crippen LogP) is 6.83. The summed E-state index contributed by atoms with van der Waals surface area (Å²) in [6, 6.07) is 26.7. The maximum absolute atomic E-state index is 12.8. The lowest BCUT2D eigenvalue weighted by molar-refractivity contribution is -0.111. The minimum Gasteiger partial charge on any atom is -0.493 e. The number of anilines is 3. The number of carbonyl (C=O) groups excluding carboxylic acids is 1. The molecule has 0 saturated heterocycles. The first-order valence-corrected chi connectivity index (χ1v) is 13.0. The van der Waals surface area contributed by atoms with Crippen molar-refractivity contribution in [1.29, 1.82) is 0 Å². The monoisotopic (exact) mass is 543 g/mol. The lowest BCUT2D eigenvalue weighted by atomic mass is 10.1. The van der Waals surface area contributed by atoms with Gasteiger partial charge in [0.15, 0.2) is 11.5 Å². The van der Waals surface area contributed by atoms with E-state index in [2.05, 4.69) is 25.6 Å². The number of aromatic nitrogens is 3. The molecular formula is C33H29N5O3. The Hall–Kier alpha value is -5.50. The van der Waals surface area contributed by atoms with Gasteiger partial charge in [-0.1, -0.05) is 42.5 Å². The molecule has 2 aromatic heterocycles. The predicted molar refractivity (Wildman–Crippen MR) is 161 cm³/mol. The van der Waals surface area contributed by atoms with Gasteiger partial charge in [0.25, 0.3) is 0 Å². The van der Waals surface area contributed by atoms with Gasteiger partial charge in [-0.3, -0.25) is 9.78 Å². The van der Waals surface area contributed by atoms with Crippen LogP contribution in [0.1, 0.15) is 16.7 Å². The second-order valence-corrected chi connectivity index (χ2v) is 9.17. The molecule has 8 nitrogen and oxygen atoms in total. The van der Waals surface area contributed by atoms with Crippen LogP contribution in [0.4, 0.5) is 17.3 Å². The van der Waals surface area contributed by atoms with Crippen LogP contribution >= 0.6 is 0 Å². The summed E-state index contributed by atoms with van der Waals surface area (Å²) in [4.78, 5) is 25.9. The zero-order chi connectivity index (χ0) is 28.4. The molecule has 0 aliphatic carbocycles. The van der Waals surface area contributed by atoms with E-state index in [0.717, 1.165) is 33.6 Å². The first-order valence-electron chi connectivity index (χ1n) is 13.0. The molecule has 0 saturated carbocycles. The van der Waals surface area contributed by atoms with Gasteiger partial charge in [0.1, 0.15) is 6.61 Å². The standard InChI is InChI=1S/C33H29N5O3/c1-23-10-13-27(20-29(23)38-33-35-18-16-28(37-33)26-9-6-17-34-21-26)36-32(39)15-12-24-11-14-30(40-2)31(19-24)41-22-25-7-4-3-5-8-25/h3-21H,22H2,1-2H3,(H,36,39)(H,35,37,38)/b15-12+. The fourth-order valence-electron chi connectivity index (χ4n) is 4.05. The number of rotatable bonds is 10. The summed E-state index contributed by atoms with van der Waals surface area (Å²) in [5.74, 6) is 1.40. The molecule has 8 heteroatoms. The first kappa shape index (κ1) is 27.1. The van der Waals surface area contributed by atoms with E-state index < -0.39 is 0 Å². The maximum atomic E-state index is 12.8. The largest absolute Gasteiger partial charge is 0.493 e. The van der Waals surface area contributed by atoms with E-state index in [-0.39, 0.29) is 5.91 Å². The number of nitrogens with zero attached hydrogens (tertiary/aromatic N) is 3. The van der Waals surface area contributed by atoms with Gasteiger partial charge in [0.2, 0.25) is 11.9 Å². The van der Waals surface area contributed by atoms with E-state index in [9.17, 15) is 4.79 Å². The van der Waals surface area contributed by atoms with Crippen LogP contribution in [0.15, 0.2) is 110 Å². The number of hydrogen-bond donors (Lipinski definition) is 2. The quantitative estimate of drug-likeness (QED) is 0.186. The van der Waals surface area contributed by atoms with Crippen molar-refractivity contribution in [2.75, 3.05) is 17.7 Å². The molecule has 0 aliphatic heterocycles. The highest BCUT2D eigenvalue weighted by molar-refractivity contribution is 6.02. The summed E-state index contributed by atoms with van der Waals surface area (Å²) in [6.07, 6.45) is 8.38. The van der Waals surface area contributed by atoms with Crippen LogP contribution in [-0.4, -0.2) is 28.0 Å². The SMILES string of the molecule is COc1ccc(/C=C/C(=O)Nc2ccc(C)c(Nc3nccc(-c4cccnc4)n3)c2)cc1OCc1ccccc1. The molecule has 0 atom stereocenters. The summed E-state index contributed by atoms with van der Waals surface area (Å²) >= 11 is 0. The molecule has 5 aromatic rings. The van der Waals surface area contributed by atoms with Crippen molar-refractivity contribution in [2.24, 2.45) is 0 Å². The van der Waals surface area contributed by atoms with E-state index >= 15 is 0 Å². The van der Waals surface area contributed by atoms with E-state index in [1.165, 1.54) is 6.08 Å². The molecule has 2 N–H and O–H groups in total. The van der Waals surface area contributed by atoms with E-state index in [4.69, 9.17) is 9.47 Å². The molecule has 2 heterocycles. The van der Waals surface area contributed by atoms with Crippen LogP contribution in [0.2, 0.25) is 0 Å². The highest BCUT2D eigenvalue weighted by Gasteiger charge is 2.08. The Morgan fingerprint density at radius 3 is 2.61 bits per heavy atom. The Morgan fingerprint density at radius 2 is 1.80 bits per heavy atom. The normalized spacial score (nSPS) is 10.8. The van der Waals surface area contributed by atoms with E-state index in [1.54, 1.807) is 31.8 Å². The van der Waals surface area contributed by atoms with Gasteiger partial charge < -0.3 is 20.1 Å². The van der Waals surface area contributed by atoms with Gasteiger partial charge in [-0.2, -0.15) is 0 Å². The summed E-state index contributed by atoms with van der Waals surface area (Å²) in [5.41, 5.74) is 5.91. The topological polar surface area (TPSA) is 98.3 Å². The number of nitrogens with one attached hydrogen (secondary N) is 2. The van der Waals surface area contributed by atoms with Crippen LogP contribution in [0.3, 0.4) is 0 Å². The number of carbonyl (C=O) groups is 1. The zero-order valence-corrected chi connectivity index (χ0v) is 22.7. The third-order valence-corrected chi connectivity index (χ3v) is 6.22. The minimum absolute atomic E-state index is 0.266. The number of hydrogen-bond acceptors (Lipinski definition) is 7. The molecule has 3 aromatic carbocycles. The first-order chi connectivity index (χ1) is 20.1. The van der Waals surface area contributed by atoms with Gasteiger partial charge in [-0.25, -0.2) is 9.97 Å². The minimum atomic E-state index is -0.266. The molecule has 41 heavy (non-hydrogen) atoms. The third-order valence-electron chi connectivity index (χ3n) is 6.22. The number of amides is 1. The smallest absolute Gasteiger partial charge is 0.248 e. The molecular weight excluding hydrogens is 514 g/mol. The number of aryl methyl sites for hydroxylation is 1. The summed E-state index contributed by atoms with van der Waals surface area (Å²) in [7, 11) is 1.60. The number of benzene rings is 3. The van der Waals surface area contributed by atoms with Gasteiger partial charge in [0, 0.05) is 41.6 Å². The van der Waals surface area contributed by atoms with Gasteiger partial charge in [-0.05, 0) is 72.2 Å². The van der Waals surface area contributed by atoms with Crippen LogP contribution in [-0.2, 0) is 11.4 Å². The van der Waals surface area contributed by atoms with Crippen LogP contribution in [0.25, 0.3) is 17.3 Å². The van der Waals surface area contributed by atoms with Crippen molar-refractivity contribution in [3.8, 4) is 22.8 Å². The highest BCUT2D eigenvalue weighted by atomic mass is 16.5. The van der Waals surface area contributed by atoms with Gasteiger partial charge >= 0.3 is 0 Å². The second-order valence-electron chi connectivity index (χ2n) is 9.17. The molecule has 1 amide bonds. The lowest BCUT2D eigenvalue weighted by Gasteiger charge is -2.12. The molecule has 0 aliphatic rings. The summed E-state index contributed by atoms with van der Waals surface area (Å²) in [6.45, 7) is 2.38. The molecule has 0 unspecified atom stereocenters. The Morgan fingerprint density at radius 1 is 0.927 bits per heavy atom. The van der Waals surface area contributed by atoms with Crippen molar-refractivity contribution in [3.63, 3.8) is 0 Å². The fraction of sp³-hybridized carbons (Fsp3) is 0.0909. The van der Waals surface area contributed by atoms with Crippen molar-refractivity contribution in [1.82, 2.24) is 15.0 Å². The molecule has 204 valence electrons. The molecule has 5 rings (SSSR count). The Balaban J connectivity index is 1.25. The Kier molecular flexibility index (Phi) is 8.61. The fourth-order valence-corrected chi connectivity index (χ4v) is 4.05. The summed E-state index contributed by atoms with van der Waals surface area (Å²) < 4.78 is 11.4. The zero-order valence-electron chi connectivity index (χ0n) is 22.7. The average Bonchev–Trinajstić information content (AvgIpc) is 3.02. The van der Waals surface area contributed by atoms with Crippen LogP contribution in [0.5, 0.6) is 11.5 Å². The second kappa shape index (κ2) is 13.0. The molecule has 0 spiro atoms. The van der Waals surface area contributed by atoms with E-state index in [0.29, 0.717) is 29.7 Å². The highest BCUT2D eigenvalue weighted by Crippen LogP contribution is 2.29. The summed E-state index contributed by atoms with van der Waals surface area (Å²) in [5, 5.41) is 6.17. The van der Waals surface area contributed by atoms with Crippen molar-refractivity contribution < 1.29 is 14.3 Å². The number of methoxy groups -OCH3 is 1. The van der Waals surface area contributed by atoms with Gasteiger partial charge in [0.05, 0.1) is 12.8 Å².